The predicted molar refractivity (Wildman–Crippen MR) is 58.9 cm³/mol. The fraction of sp³-hybridized carbons (Fsp3) is 0.308. The fourth-order valence-electron chi connectivity index (χ4n) is 1.63. The number of esters is 1. The van der Waals surface area contributed by atoms with Gasteiger partial charge in [-0.15, -0.1) is 0 Å². The molecule has 0 saturated heterocycles. The average Bonchev–Trinajstić information content (AvgIpc) is 2.35. The number of benzene rings is 1. The zero-order valence-electron chi connectivity index (χ0n) is 9.03. The first-order valence-electron chi connectivity index (χ1n) is 5.10. The predicted octanol–water partition coefficient (Wildman–Crippen LogP) is 1.41. The Kier molecular flexibility index (Phi) is 3.11. The molecule has 0 radical (unpaired) electrons. The molecule has 3 nitrogen and oxygen atoms in total. The Morgan fingerprint density at radius 3 is 3.12 bits per heavy atom. The number of ether oxygens (including phenoxy) is 2. The summed E-state index contributed by atoms with van der Waals surface area (Å²) < 4.78 is 10.0. The molecule has 0 aliphatic carbocycles. The molecule has 1 unspecified atom stereocenters. The van der Waals surface area contributed by atoms with Crippen LogP contribution in [0, 0.1) is 17.8 Å². The smallest absolute Gasteiger partial charge is 0.384 e. The van der Waals surface area contributed by atoms with Gasteiger partial charge in [-0.1, -0.05) is 24.1 Å². The van der Waals surface area contributed by atoms with Crippen molar-refractivity contribution in [2.24, 2.45) is 5.92 Å². The quantitative estimate of drug-likeness (QED) is 0.374. The number of methoxy groups -OCH3 is 1. The van der Waals surface area contributed by atoms with Gasteiger partial charge in [0.2, 0.25) is 0 Å². The summed E-state index contributed by atoms with van der Waals surface area (Å²) in [7, 11) is 1.32. The zero-order chi connectivity index (χ0) is 11.4. The van der Waals surface area contributed by atoms with E-state index in [-0.39, 0.29) is 5.92 Å². The number of fused-ring (bicyclic) bond motifs is 1. The van der Waals surface area contributed by atoms with E-state index in [1.165, 1.54) is 7.11 Å². The van der Waals surface area contributed by atoms with E-state index < -0.39 is 5.97 Å². The largest absolute Gasteiger partial charge is 0.492 e. The molecule has 3 heteroatoms. The van der Waals surface area contributed by atoms with Crippen LogP contribution in [-0.2, 0) is 16.0 Å². The Hall–Kier alpha value is -1.95. The molecular formula is C13H12O3. The number of carbonyl (C=O) groups excluding carboxylic acids is 1. The molecule has 16 heavy (non-hydrogen) atoms. The van der Waals surface area contributed by atoms with Gasteiger partial charge in [-0.2, -0.15) is 0 Å². The minimum atomic E-state index is -0.501. The van der Waals surface area contributed by atoms with E-state index in [0.717, 1.165) is 17.7 Å². The highest BCUT2D eigenvalue weighted by Crippen LogP contribution is 2.26. The van der Waals surface area contributed by atoms with E-state index >= 15 is 0 Å². The van der Waals surface area contributed by atoms with Crippen molar-refractivity contribution in [1.82, 2.24) is 0 Å². The Bertz CT molecular complexity index is 454. The summed E-state index contributed by atoms with van der Waals surface area (Å²) in [4.78, 5) is 10.9. The van der Waals surface area contributed by atoms with Crippen LogP contribution in [0.3, 0.4) is 0 Å². The van der Waals surface area contributed by atoms with Gasteiger partial charge in [0.15, 0.2) is 0 Å². The van der Waals surface area contributed by atoms with Crippen LogP contribution in [-0.4, -0.2) is 19.7 Å². The summed E-state index contributed by atoms with van der Waals surface area (Å²) in [5.74, 6) is 5.78. The highest BCUT2D eigenvalue weighted by atomic mass is 16.5. The Morgan fingerprint density at radius 1 is 1.50 bits per heavy atom. The average molecular weight is 216 g/mol. The first kappa shape index (κ1) is 10.6. The second kappa shape index (κ2) is 4.71. The second-order valence-electron chi connectivity index (χ2n) is 3.58. The van der Waals surface area contributed by atoms with Gasteiger partial charge in [0.1, 0.15) is 12.4 Å². The van der Waals surface area contributed by atoms with Gasteiger partial charge in [0.25, 0.3) is 0 Å². The molecule has 2 rings (SSSR count). The second-order valence-corrected chi connectivity index (χ2v) is 3.58. The summed E-state index contributed by atoms with van der Waals surface area (Å²) in [6, 6.07) is 7.87. The van der Waals surface area contributed by atoms with Crippen LogP contribution in [0.1, 0.15) is 5.56 Å². The lowest BCUT2D eigenvalue weighted by atomic mass is 9.97. The van der Waals surface area contributed by atoms with E-state index in [1.807, 2.05) is 24.3 Å². The van der Waals surface area contributed by atoms with Gasteiger partial charge < -0.3 is 9.47 Å². The summed E-state index contributed by atoms with van der Waals surface area (Å²) in [5, 5.41) is 0. The van der Waals surface area contributed by atoms with Crippen LogP contribution in [0.4, 0.5) is 0 Å². The number of para-hydroxylation sites is 1. The summed E-state index contributed by atoms with van der Waals surface area (Å²) in [5.41, 5.74) is 1.14. The molecule has 1 heterocycles. The maximum atomic E-state index is 10.9. The van der Waals surface area contributed by atoms with Crippen LogP contribution < -0.4 is 4.74 Å². The van der Waals surface area contributed by atoms with Crippen LogP contribution in [0.2, 0.25) is 0 Å². The van der Waals surface area contributed by atoms with E-state index in [2.05, 4.69) is 16.6 Å². The van der Waals surface area contributed by atoms with Gasteiger partial charge in [-0.3, -0.25) is 0 Å². The number of carbonyl (C=O) groups is 1. The first-order valence-corrected chi connectivity index (χ1v) is 5.10. The van der Waals surface area contributed by atoms with Gasteiger partial charge in [-0.05, 0) is 18.1 Å². The van der Waals surface area contributed by atoms with Gasteiger partial charge in [0, 0.05) is 5.92 Å². The van der Waals surface area contributed by atoms with Crippen LogP contribution in [0.25, 0.3) is 0 Å². The molecule has 0 fully saturated rings. The molecule has 1 aromatic carbocycles. The summed E-state index contributed by atoms with van der Waals surface area (Å²) >= 11 is 0. The maximum Gasteiger partial charge on any atom is 0.384 e. The molecular weight excluding hydrogens is 204 g/mol. The van der Waals surface area contributed by atoms with E-state index in [0.29, 0.717) is 6.61 Å². The highest BCUT2D eigenvalue weighted by molar-refractivity contribution is 5.88. The van der Waals surface area contributed by atoms with Crippen molar-refractivity contribution < 1.29 is 14.3 Å². The third-order valence-electron chi connectivity index (χ3n) is 2.44. The third-order valence-corrected chi connectivity index (χ3v) is 2.44. The fourth-order valence-corrected chi connectivity index (χ4v) is 1.63. The molecule has 0 spiro atoms. The topological polar surface area (TPSA) is 35.5 Å². The lowest BCUT2D eigenvalue weighted by Gasteiger charge is -2.21. The van der Waals surface area contributed by atoms with Gasteiger partial charge in [-0.25, -0.2) is 4.79 Å². The van der Waals surface area contributed by atoms with Crippen molar-refractivity contribution in [3.8, 4) is 17.6 Å². The molecule has 0 bridgehead atoms. The van der Waals surface area contributed by atoms with Crippen molar-refractivity contribution in [2.45, 2.75) is 6.42 Å². The van der Waals surface area contributed by atoms with E-state index in [4.69, 9.17) is 4.74 Å². The first-order chi connectivity index (χ1) is 7.79. The number of hydrogen-bond donors (Lipinski definition) is 0. The van der Waals surface area contributed by atoms with Gasteiger partial charge >= 0.3 is 5.97 Å². The molecule has 0 aromatic heterocycles. The van der Waals surface area contributed by atoms with Crippen molar-refractivity contribution in [3.05, 3.63) is 29.8 Å². The highest BCUT2D eigenvalue weighted by Gasteiger charge is 2.17. The molecule has 0 amide bonds. The Balaban J connectivity index is 2.07. The molecule has 0 N–H and O–H groups in total. The van der Waals surface area contributed by atoms with Crippen molar-refractivity contribution in [3.63, 3.8) is 0 Å². The normalized spacial score (nSPS) is 17.4. The molecule has 1 atom stereocenters. The van der Waals surface area contributed by atoms with Crippen LogP contribution >= 0.6 is 0 Å². The monoisotopic (exact) mass is 216 g/mol. The summed E-state index contributed by atoms with van der Waals surface area (Å²) in [6.45, 7) is 0.529. The Labute approximate surface area is 94.4 Å². The molecule has 0 saturated carbocycles. The van der Waals surface area contributed by atoms with Crippen molar-refractivity contribution >= 4 is 5.97 Å². The van der Waals surface area contributed by atoms with Crippen LogP contribution in [0.15, 0.2) is 24.3 Å². The SMILES string of the molecule is COC(=O)C#CC1COc2ccccc2C1. The lowest BCUT2D eigenvalue weighted by Crippen LogP contribution is -2.19. The zero-order valence-corrected chi connectivity index (χ0v) is 9.03. The van der Waals surface area contributed by atoms with Crippen molar-refractivity contribution in [2.75, 3.05) is 13.7 Å². The third kappa shape index (κ3) is 2.34. The molecule has 1 aliphatic heterocycles. The minimum Gasteiger partial charge on any atom is -0.492 e. The standard InChI is InChI=1S/C13H12O3/c1-15-13(14)7-6-10-8-11-4-2-3-5-12(11)16-9-10/h2-5,10H,8-9H2,1H3. The molecule has 1 aliphatic rings. The van der Waals surface area contributed by atoms with Gasteiger partial charge in [0.05, 0.1) is 13.0 Å². The Morgan fingerprint density at radius 2 is 2.31 bits per heavy atom. The number of rotatable bonds is 0. The lowest BCUT2D eigenvalue weighted by molar-refractivity contribution is -0.133. The number of hydrogen-bond acceptors (Lipinski definition) is 3. The van der Waals surface area contributed by atoms with Crippen LogP contribution in [0.5, 0.6) is 5.75 Å². The minimum absolute atomic E-state index is 0.0639. The maximum absolute atomic E-state index is 10.9. The summed E-state index contributed by atoms with van der Waals surface area (Å²) in [6.07, 6.45) is 0.820. The molecule has 82 valence electrons. The van der Waals surface area contributed by atoms with E-state index in [1.54, 1.807) is 0 Å². The van der Waals surface area contributed by atoms with Crippen molar-refractivity contribution in [1.29, 1.82) is 0 Å². The molecule has 1 aromatic rings. The van der Waals surface area contributed by atoms with E-state index in [9.17, 15) is 4.79 Å².